The van der Waals surface area contributed by atoms with Crippen LogP contribution in [0.1, 0.15) is 20.9 Å². The summed E-state index contributed by atoms with van der Waals surface area (Å²) in [7, 11) is 1.10. The van der Waals surface area contributed by atoms with E-state index in [0.29, 0.717) is 0 Å². The third-order valence-corrected chi connectivity index (χ3v) is 4.81. The van der Waals surface area contributed by atoms with Crippen LogP contribution >= 0.6 is 46.4 Å². The van der Waals surface area contributed by atoms with Gasteiger partial charge in [-0.2, -0.15) is 0 Å². The predicted molar refractivity (Wildman–Crippen MR) is 117 cm³/mol. The molecule has 14 heteroatoms. The third-order valence-electron chi connectivity index (χ3n) is 3.80. The number of halogens is 4. The van der Waals surface area contributed by atoms with Gasteiger partial charge in [-0.1, -0.05) is 57.6 Å². The Morgan fingerprint density at radius 3 is 2.22 bits per heavy atom. The molecule has 0 saturated heterocycles. The van der Waals surface area contributed by atoms with E-state index < -0.39 is 23.7 Å². The molecule has 166 valence electrons. The number of ether oxygens (including phenoxy) is 1. The van der Waals surface area contributed by atoms with Gasteiger partial charge in [0.15, 0.2) is 0 Å². The molecule has 0 atom stereocenters. The molecule has 32 heavy (non-hydrogen) atoms. The maximum absolute atomic E-state index is 12.6. The average molecular weight is 519 g/mol. The normalized spacial score (nSPS) is 10.4. The Bertz CT molecular complexity index is 1180. The Balaban J connectivity index is 1.81. The van der Waals surface area contributed by atoms with Crippen LogP contribution < -0.4 is 16.2 Å². The van der Waals surface area contributed by atoms with Crippen molar-refractivity contribution >= 4 is 70.0 Å². The Hall–Kier alpha value is -3.05. The van der Waals surface area contributed by atoms with E-state index in [-0.39, 0.29) is 42.9 Å². The average Bonchev–Trinajstić information content (AvgIpc) is 3.15. The first-order valence-corrected chi connectivity index (χ1v) is 9.95. The second kappa shape index (κ2) is 10.0. The maximum atomic E-state index is 12.6. The maximum Gasteiger partial charge on any atom is 0.344 e. The lowest BCUT2D eigenvalue weighted by molar-refractivity contribution is 0.0594. The summed E-state index contributed by atoms with van der Waals surface area (Å²) >= 11 is 23.9. The minimum Gasteiger partial charge on any atom is -0.465 e. The van der Waals surface area contributed by atoms with E-state index >= 15 is 0 Å². The molecule has 2 aromatic heterocycles. The van der Waals surface area contributed by atoms with Gasteiger partial charge in [-0.25, -0.2) is 20.0 Å². The van der Waals surface area contributed by atoms with Crippen LogP contribution in [0.5, 0.6) is 0 Å². The molecule has 0 radical (unpaired) electrons. The van der Waals surface area contributed by atoms with Gasteiger partial charge in [0.2, 0.25) is 5.76 Å². The van der Waals surface area contributed by atoms with Gasteiger partial charge in [0.25, 0.3) is 0 Å². The highest BCUT2D eigenvalue weighted by atomic mass is 35.5. The first kappa shape index (κ1) is 23.6. The number of esters is 1. The minimum atomic E-state index is -1.01. The molecular formula is C18H11Cl4N5O5. The summed E-state index contributed by atoms with van der Waals surface area (Å²) in [5.41, 5.74) is 4.08. The number of anilines is 1. The number of aromatic nitrogens is 2. The number of hydrogen-bond donors (Lipinski definition) is 3. The van der Waals surface area contributed by atoms with Crippen molar-refractivity contribution in [2.45, 2.75) is 0 Å². The highest BCUT2D eigenvalue weighted by molar-refractivity contribution is 6.39. The fourth-order valence-electron chi connectivity index (χ4n) is 2.50. The zero-order valence-corrected chi connectivity index (χ0v) is 18.9. The number of methoxy groups -OCH3 is 1. The number of amides is 3. The van der Waals surface area contributed by atoms with Crippen molar-refractivity contribution in [1.82, 2.24) is 21.0 Å². The number of nitrogens with one attached hydrogen (secondary N) is 3. The van der Waals surface area contributed by atoms with E-state index in [0.717, 1.165) is 7.11 Å². The molecule has 0 unspecified atom stereocenters. The summed E-state index contributed by atoms with van der Waals surface area (Å²) in [5, 5.41) is 6.54. The fraction of sp³-hybridized carbons (Fsp3) is 0.0556. The number of nitrogens with zero attached hydrogens (tertiary/aromatic N) is 2. The van der Waals surface area contributed by atoms with Crippen molar-refractivity contribution in [3.63, 3.8) is 0 Å². The third kappa shape index (κ3) is 5.22. The Kier molecular flexibility index (Phi) is 7.41. The summed E-state index contributed by atoms with van der Waals surface area (Å²) in [6.07, 6.45) is 0. The Morgan fingerprint density at radius 1 is 1.00 bits per heavy atom. The molecule has 0 fully saturated rings. The van der Waals surface area contributed by atoms with E-state index in [1.54, 1.807) is 6.07 Å². The van der Waals surface area contributed by atoms with Gasteiger partial charge in [0.05, 0.1) is 17.2 Å². The van der Waals surface area contributed by atoms with Crippen LogP contribution in [0.15, 0.2) is 34.9 Å². The van der Waals surface area contributed by atoms with Crippen molar-refractivity contribution in [2.75, 3.05) is 12.4 Å². The molecule has 0 saturated carbocycles. The smallest absolute Gasteiger partial charge is 0.344 e. The Morgan fingerprint density at radius 2 is 1.62 bits per heavy atom. The lowest BCUT2D eigenvalue weighted by Crippen LogP contribution is -2.44. The number of pyridine rings is 1. The van der Waals surface area contributed by atoms with Gasteiger partial charge in [0.1, 0.15) is 21.6 Å². The molecule has 2 heterocycles. The molecule has 0 bridgehead atoms. The van der Waals surface area contributed by atoms with Crippen LogP contribution in [0.25, 0.3) is 11.3 Å². The fourth-order valence-corrected chi connectivity index (χ4v) is 3.54. The predicted octanol–water partition coefficient (Wildman–Crippen LogP) is 4.60. The van der Waals surface area contributed by atoms with E-state index in [2.05, 4.69) is 26.3 Å². The second-order valence-electron chi connectivity index (χ2n) is 5.86. The molecule has 0 aliphatic carbocycles. The van der Waals surface area contributed by atoms with Crippen molar-refractivity contribution < 1.29 is 23.6 Å². The number of carbonyl (C=O) groups is 3. The topological polar surface area (TPSA) is 135 Å². The first-order chi connectivity index (χ1) is 15.2. The molecule has 10 nitrogen and oxygen atoms in total. The zero-order chi connectivity index (χ0) is 23.4. The second-order valence-corrected chi connectivity index (χ2v) is 7.45. The van der Waals surface area contributed by atoms with Crippen LogP contribution in [0.3, 0.4) is 0 Å². The van der Waals surface area contributed by atoms with Gasteiger partial charge in [-0.05, 0) is 24.3 Å². The zero-order valence-electron chi connectivity index (χ0n) is 15.8. The van der Waals surface area contributed by atoms with Crippen molar-refractivity contribution in [3.8, 4) is 11.3 Å². The van der Waals surface area contributed by atoms with Gasteiger partial charge in [-0.15, -0.1) is 0 Å². The lowest BCUT2D eigenvalue weighted by Gasteiger charge is -2.09. The highest BCUT2D eigenvalue weighted by Gasteiger charge is 2.31. The van der Waals surface area contributed by atoms with E-state index in [1.165, 1.54) is 24.3 Å². The number of hydrazine groups is 1. The molecule has 3 amide bonds. The van der Waals surface area contributed by atoms with Crippen molar-refractivity contribution in [2.24, 2.45) is 0 Å². The number of carbonyl (C=O) groups excluding carboxylic acids is 3. The van der Waals surface area contributed by atoms with Crippen molar-refractivity contribution in [1.29, 1.82) is 0 Å². The Labute approximate surface area is 200 Å². The van der Waals surface area contributed by atoms with Crippen LogP contribution in [0, 0.1) is 0 Å². The van der Waals surface area contributed by atoms with E-state index in [4.69, 9.17) is 55.7 Å². The summed E-state index contributed by atoms with van der Waals surface area (Å²) in [6, 6.07) is 6.43. The SMILES string of the molecule is COC(=O)c1c(-c2c(Cl)cccc2Cl)noc1C(=O)NNC(=O)Nc1cc(Cl)nc(Cl)c1. The highest BCUT2D eigenvalue weighted by Crippen LogP contribution is 2.37. The quantitative estimate of drug-likeness (QED) is 0.261. The number of benzene rings is 1. The largest absolute Gasteiger partial charge is 0.465 e. The molecule has 3 aromatic rings. The summed E-state index contributed by atoms with van der Waals surface area (Å²) in [6.45, 7) is 0. The number of hydrogen-bond acceptors (Lipinski definition) is 7. The monoisotopic (exact) mass is 517 g/mol. The van der Waals surface area contributed by atoms with Crippen LogP contribution in [-0.2, 0) is 4.74 Å². The molecule has 1 aromatic carbocycles. The molecular weight excluding hydrogens is 508 g/mol. The summed E-state index contributed by atoms with van der Waals surface area (Å²) in [4.78, 5) is 40.7. The van der Waals surface area contributed by atoms with Crippen LogP contribution in [-0.4, -0.2) is 35.2 Å². The molecule has 3 N–H and O–H groups in total. The van der Waals surface area contributed by atoms with Crippen molar-refractivity contribution in [3.05, 3.63) is 62.0 Å². The van der Waals surface area contributed by atoms with E-state index in [9.17, 15) is 14.4 Å². The van der Waals surface area contributed by atoms with E-state index in [1.807, 2.05) is 0 Å². The lowest BCUT2D eigenvalue weighted by atomic mass is 10.1. The summed E-state index contributed by atoms with van der Waals surface area (Å²) in [5.74, 6) is -2.49. The minimum absolute atomic E-state index is 0.0481. The van der Waals surface area contributed by atoms with Gasteiger partial charge < -0.3 is 14.6 Å². The van der Waals surface area contributed by atoms with Gasteiger partial charge in [0, 0.05) is 11.3 Å². The van der Waals surface area contributed by atoms with Gasteiger partial charge >= 0.3 is 17.9 Å². The van der Waals surface area contributed by atoms with Crippen LogP contribution in [0.2, 0.25) is 20.4 Å². The van der Waals surface area contributed by atoms with Gasteiger partial charge in [-0.3, -0.25) is 10.2 Å². The first-order valence-electron chi connectivity index (χ1n) is 8.44. The molecule has 0 spiro atoms. The number of rotatable bonds is 4. The van der Waals surface area contributed by atoms with Crippen LogP contribution in [0.4, 0.5) is 10.5 Å². The molecule has 0 aliphatic heterocycles. The molecule has 3 rings (SSSR count). The number of urea groups is 1. The molecule has 0 aliphatic rings. The standard InChI is InChI=1S/C18H11Cl4N5O5/c1-31-17(29)13-14(12-8(19)3-2-4-9(12)20)27-32-15(13)16(28)25-26-18(30)23-7-5-10(21)24-11(22)6-7/h2-6H,1H3,(H,25,28)(H2,23,24,26,30). The summed E-state index contributed by atoms with van der Waals surface area (Å²) < 4.78 is 9.75.